The van der Waals surface area contributed by atoms with Gasteiger partial charge in [-0.25, -0.2) is 0 Å². The summed E-state index contributed by atoms with van der Waals surface area (Å²) in [7, 11) is 0. The van der Waals surface area contributed by atoms with Crippen molar-refractivity contribution in [2.45, 2.75) is 32.7 Å². The average Bonchev–Trinajstić information content (AvgIpc) is 2.82. The third-order valence-corrected chi connectivity index (χ3v) is 3.15. The van der Waals surface area contributed by atoms with Gasteiger partial charge in [0.05, 0.1) is 13.2 Å². The summed E-state index contributed by atoms with van der Waals surface area (Å²) in [6, 6.07) is 0.665. The van der Waals surface area contributed by atoms with Crippen LogP contribution in [0, 0.1) is 0 Å². The Labute approximate surface area is 106 Å². The first-order valence-electron chi connectivity index (χ1n) is 6.98. The van der Waals surface area contributed by atoms with Crippen LogP contribution in [0.4, 0.5) is 0 Å². The molecule has 1 aliphatic rings. The van der Waals surface area contributed by atoms with Crippen molar-refractivity contribution in [3.63, 3.8) is 0 Å². The van der Waals surface area contributed by atoms with Crippen LogP contribution in [0.5, 0.6) is 0 Å². The fourth-order valence-electron chi connectivity index (χ4n) is 2.19. The van der Waals surface area contributed by atoms with Gasteiger partial charge in [0, 0.05) is 38.9 Å². The van der Waals surface area contributed by atoms with Crippen LogP contribution in [0.1, 0.15) is 26.7 Å². The summed E-state index contributed by atoms with van der Waals surface area (Å²) >= 11 is 0. The van der Waals surface area contributed by atoms with Crippen molar-refractivity contribution in [1.29, 1.82) is 0 Å². The molecule has 0 aliphatic carbocycles. The van der Waals surface area contributed by atoms with Gasteiger partial charge in [0.1, 0.15) is 0 Å². The van der Waals surface area contributed by atoms with E-state index < -0.39 is 0 Å². The van der Waals surface area contributed by atoms with Crippen molar-refractivity contribution in [3.05, 3.63) is 0 Å². The lowest BCUT2D eigenvalue weighted by Gasteiger charge is -2.25. The zero-order valence-corrected chi connectivity index (χ0v) is 11.4. The number of ether oxygens (including phenoxy) is 2. The van der Waals surface area contributed by atoms with Gasteiger partial charge in [-0.1, -0.05) is 0 Å². The van der Waals surface area contributed by atoms with Gasteiger partial charge in [-0.3, -0.25) is 4.90 Å². The summed E-state index contributed by atoms with van der Waals surface area (Å²) in [5, 5.41) is 3.54. The van der Waals surface area contributed by atoms with Crippen LogP contribution in [0.15, 0.2) is 0 Å². The van der Waals surface area contributed by atoms with E-state index in [4.69, 9.17) is 9.47 Å². The third-order valence-electron chi connectivity index (χ3n) is 3.15. The molecule has 4 heteroatoms. The van der Waals surface area contributed by atoms with Crippen molar-refractivity contribution in [3.8, 4) is 0 Å². The van der Waals surface area contributed by atoms with E-state index >= 15 is 0 Å². The molecular weight excluding hydrogens is 216 g/mol. The number of hydrogen-bond acceptors (Lipinski definition) is 4. The highest BCUT2D eigenvalue weighted by Gasteiger charge is 2.17. The molecule has 0 bridgehead atoms. The molecule has 0 amide bonds. The topological polar surface area (TPSA) is 33.7 Å². The smallest absolute Gasteiger partial charge is 0.0593 e. The highest BCUT2D eigenvalue weighted by atomic mass is 16.5. The van der Waals surface area contributed by atoms with Gasteiger partial charge < -0.3 is 14.8 Å². The minimum absolute atomic E-state index is 0.665. The SMILES string of the molecule is CCOCCN(CCOCC)C[C@@H]1CCCN1. The Balaban J connectivity index is 2.18. The van der Waals surface area contributed by atoms with E-state index in [0.29, 0.717) is 6.04 Å². The maximum atomic E-state index is 5.43. The van der Waals surface area contributed by atoms with E-state index in [-0.39, 0.29) is 0 Å². The molecule has 0 aromatic rings. The summed E-state index contributed by atoms with van der Waals surface area (Å²) in [5.41, 5.74) is 0. The van der Waals surface area contributed by atoms with Crippen LogP contribution in [-0.4, -0.2) is 63.5 Å². The first kappa shape index (κ1) is 14.9. The zero-order chi connectivity index (χ0) is 12.3. The third kappa shape index (κ3) is 6.99. The first-order chi connectivity index (χ1) is 8.36. The molecule has 0 aromatic heterocycles. The molecule has 4 nitrogen and oxygen atoms in total. The summed E-state index contributed by atoms with van der Waals surface area (Å²) in [6.45, 7) is 11.7. The molecule has 1 heterocycles. The molecule has 0 radical (unpaired) electrons. The molecule has 0 spiro atoms. The summed E-state index contributed by atoms with van der Waals surface area (Å²) in [4.78, 5) is 2.45. The van der Waals surface area contributed by atoms with Crippen LogP contribution in [0.25, 0.3) is 0 Å². The van der Waals surface area contributed by atoms with Crippen molar-refractivity contribution in [2.24, 2.45) is 0 Å². The van der Waals surface area contributed by atoms with Gasteiger partial charge in [0.2, 0.25) is 0 Å². The Morgan fingerprint density at radius 3 is 2.24 bits per heavy atom. The Morgan fingerprint density at radius 2 is 1.76 bits per heavy atom. The molecule has 1 fully saturated rings. The van der Waals surface area contributed by atoms with Crippen molar-refractivity contribution < 1.29 is 9.47 Å². The van der Waals surface area contributed by atoms with Gasteiger partial charge >= 0.3 is 0 Å². The molecule has 0 unspecified atom stereocenters. The molecule has 17 heavy (non-hydrogen) atoms. The van der Waals surface area contributed by atoms with Gasteiger partial charge in [0.15, 0.2) is 0 Å². The molecule has 1 N–H and O–H groups in total. The summed E-state index contributed by atoms with van der Waals surface area (Å²) < 4.78 is 10.9. The zero-order valence-electron chi connectivity index (χ0n) is 11.4. The van der Waals surface area contributed by atoms with Crippen molar-refractivity contribution in [1.82, 2.24) is 10.2 Å². The summed E-state index contributed by atoms with van der Waals surface area (Å²) in [5.74, 6) is 0. The van der Waals surface area contributed by atoms with Crippen LogP contribution in [0.3, 0.4) is 0 Å². The molecule has 0 saturated carbocycles. The Hall–Kier alpha value is -0.160. The maximum Gasteiger partial charge on any atom is 0.0593 e. The highest BCUT2D eigenvalue weighted by molar-refractivity contribution is 4.77. The number of nitrogens with zero attached hydrogens (tertiary/aromatic N) is 1. The predicted octanol–water partition coefficient (Wildman–Crippen LogP) is 1.11. The second kappa shape index (κ2) is 9.83. The van der Waals surface area contributed by atoms with Crippen molar-refractivity contribution >= 4 is 0 Å². The Morgan fingerprint density at radius 1 is 1.12 bits per heavy atom. The van der Waals surface area contributed by atoms with Gasteiger partial charge in [-0.15, -0.1) is 0 Å². The molecular formula is C13H28N2O2. The van der Waals surface area contributed by atoms with E-state index in [9.17, 15) is 0 Å². The minimum atomic E-state index is 0.665. The monoisotopic (exact) mass is 244 g/mol. The lowest BCUT2D eigenvalue weighted by atomic mass is 10.2. The molecule has 0 aromatic carbocycles. The van der Waals surface area contributed by atoms with Gasteiger partial charge in [0.25, 0.3) is 0 Å². The fourth-order valence-corrected chi connectivity index (χ4v) is 2.19. The quantitative estimate of drug-likeness (QED) is 0.584. The largest absolute Gasteiger partial charge is 0.380 e. The second-order valence-electron chi connectivity index (χ2n) is 4.49. The molecule has 1 rings (SSSR count). The average molecular weight is 244 g/mol. The number of hydrogen-bond donors (Lipinski definition) is 1. The van der Waals surface area contributed by atoms with E-state index in [1.54, 1.807) is 0 Å². The van der Waals surface area contributed by atoms with E-state index in [0.717, 1.165) is 46.1 Å². The van der Waals surface area contributed by atoms with E-state index in [1.807, 2.05) is 13.8 Å². The Kier molecular flexibility index (Phi) is 8.61. The maximum absolute atomic E-state index is 5.43. The Bertz CT molecular complexity index is 163. The van der Waals surface area contributed by atoms with Crippen LogP contribution < -0.4 is 5.32 Å². The fraction of sp³-hybridized carbons (Fsp3) is 1.00. The minimum Gasteiger partial charge on any atom is -0.380 e. The lowest BCUT2D eigenvalue weighted by molar-refractivity contribution is 0.0794. The van der Waals surface area contributed by atoms with Crippen molar-refractivity contribution in [2.75, 3.05) is 52.6 Å². The first-order valence-corrected chi connectivity index (χ1v) is 6.98. The lowest BCUT2D eigenvalue weighted by Crippen LogP contribution is -2.40. The molecule has 1 aliphatic heterocycles. The van der Waals surface area contributed by atoms with Gasteiger partial charge in [-0.05, 0) is 33.2 Å². The normalized spacial score (nSPS) is 20.3. The molecule has 1 saturated heterocycles. The van der Waals surface area contributed by atoms with Crippen LogP contribution >= 0.6 is 0 Å². The predicted molar refractivity (Wildman–Crippen MR) is 70.5 cm³/mol. The van der Waals surface area contributed by atoms with Crippen LogP contribution in [0.2, 0.25) is 0 Å². The number of rotatable bonds is 10. The van der Waals surface area contributed by atoms with E-state index in [2.05, 4.69) is 10.2 Å². The summed E-state index contributed by atoms with van der Waals surface area (Å²) in [6.07, 6.45) is 2.62. The van der Waals surface area contributed by atoms with E-state index in [1.165, 1.54) is 19.4 Å². The highest BCUT2D eigenvalue weighted by Crippen LogP contribution is 2.06. The number of nitrogens with one attached hydrogen (secondary N) is 1. The molecule has 1 atom stereocenters. The standard InChI is InChI=1S/C13H28N2O2/c1-3-16-10-8-15(9-11-17-4-2)12-13-6-5-7-14-13/h13-14H,3-12H2,1-2H3/t13-/m0/s1. The second-order valence-corrected chi connectivity index (χ2v) is 4.49. The van der Waals surface area contributed by atoms with Crippen LogP contribution in [-0.2, 0) is 9.47 Å². The van der Waals surface area contributed by atoms with Gasteiger partial charge in [-0.2, -0.15) is 0 Å². The molecule has 102 valence electrons.